The molecule has 51 heavy (non-hydrogen) atoms. The minimum atomic E-state index is -2.07. The lowest BCUT2D eigenvalue weighted by molar-refractivity contribution is -0.256. The Morgan fingerprint density at radius 2 is 1.86 bits per heavy atom. The number of rotatable bonds is 5. The summed E-state index contributed by atoms with van der Waals surface area (Å²) in [7, 11) is 2.93. The highest BCUT2D eigenvalue weighted by molar-refractivity contribution is 6.31. The van der Waals surface area contributed by atoms with Crippen molar-refractivity contribution in [3.05, 3.63) is 51.6 Å². The molecule has 4 N–H and O–H groups in total. The van der Waals surface area contributed by atoms with Gasteiger partial charge in [0.2, 0.25) is 5.78 Å². The largest absolute Gasteiger partial charge is 0.507 e. The fraction of sp³-hybridized carbons (Fsp3) is 0.583. The summed E-state index contributed by atoms with van der Waals surface area (Å²) in [5, 5.41) is 39.6. The van der Waals surface area contributed by atoms with Crippen LogP contribution in [0.15, 0.2) is 18.2 Å². The molecule has 0 spiro atoms. The molecule has 5 fully saturated rings. The zero-order valence-corrected chi connectivity index (χ0v) is 28.5. The van der Waals surface area contributed by atoms with Gasteiger partial charge in [0, 0.05) is 80.8 Å². The van der Waals surface area contributed by atoms with E-state index in [2.05, 4.69) is 10.2 Å². The van der Waals surface area contributed by atoms with Gasteiger partial charge >= 0.3 is 0 Å². The first-order valence-electron chi connectivity index (χ1n) is 17.5. The van der Waals surface area contributed by atoms with Crippen LogP contribution < -0.4 is 10.1 Å². The summed E-state index contributed by atoms with van der Waals surface area (Å²) in [6.45, 7) is 3.94. The molecule has 7 aliphatic rings. The summed E-state index contributed by atoms with van der Waals surface area (Å²) in [5.74, 6) is -2.92. The normalized spacial score (nSPS) is 36.7. The van der Waals surface area contributed by atoms with Crippen LogP contribution in [0, 0.1) is 0 Å². The fourth-order valence-corrected chi connectivity index (χ4v) is 9.57. The quantitative estimate of drug-likeness (QED) is 0.272. The Morgan fingerprint density at radius 1 is 1.06 bits per heavy atom. The number of phenols is 2. The van der Waals surface area contributed by atoms with Gasteiger partial charge in [-0.15, -0.1) is 0 Å². The Balaban J connectivity index is 1.12. The molecule has 5 aliphatic heterocycles. The summed E-state index contributed by atoms with van der Waals surface area (Å²) in [5.41, 5.74) is -2.87. The number of methoxy groups -OCH3 is 2. The van der Waals surface area contributed by atoms with Crippen molar-refractivity contribution in [2.45, 2.75) is 93.5 Å². The van der Waals surface area contributed by atoms with Crippen LogP contribution in [0.5, 0.6) is 17.2 Å². The number of ether oxygens (including phenoxy) is 6. The minimum absolute atomic E-state index is 0.00657. The number of morpholine rings is 1. The average molecular weight is 708 g/mol. The van der Waals surface area contributed by atoms with Gasteiger partial charge in [0.1, 0.15) is 29.0 Å². The standard InChI is InChI=1S/C36H41N3O12/c1-15-32-20(38-7-8-48-34(47-3)33(38)51-32)10-23(49-15)50-22-12-36(45,35(44)39-14-16-9-17(39)13-37-16)11-19-25(22)31(43)27-26(29(19)41)28(40)18-5-4-6-21(46-2)24(18)30(27)42/h4-6,15-17,20,22-23,32-34,37,41,43,45H,7-14H2,1-3H3/t15-,16-,17-,20-,22-,23-,32+,33+,34-,36-/m0/s1. The van der Waals surface area contributed by atoms with Gasteiger partial charge < -0.3 is 54.0 Å². The molecule has 9 rings (SSSR count). The first-order chi connectivity index (χ1) is 24.5. The van der Waals surface area contributed by atoms with E-state index in [1.165, 1.54) is 19.2 Å². The number of fused-ring (bicyclic) bond motifs is 8. The molecule has 5 heterocycles. The Kier molecular flexibility index (Phi) is 7.76. The average Bonchev–Trinajstić information content (AvgIpc) is 3.86. The number of carbonyl (C=O) groups is 3. The Labute approximate surface area is 293 Å². The van der Waals surface area contributed by atoms with Gasteiger partial charge in [-0.2, -0.15) is 0 Å². The molecule has 0 unspecified atom stereocenters. The zero-order valence-electron chi connectivity index (χ0n) is 28.5. The highest BCUT2D eigenvalue weighted by Crippen LogP contribution is 2.53. The topological polar surface area (TPSA) is 186 Å². The molecule has 2 aliphatic carbocycles. The van der Waals surface area contributed by atoms with E-state index in [0.717, 1.165) is 6.42 Å². The number of likely N-dealkylation sites (tertiary alicyclic amines) is 1. The number of nitrogens with zero attached hydrogens (tertiary/aromatic N) is 2. The van der Waals surface area contributed by atoms with Gasteiger partial charge in [0.15, 0.2) is 24.6 Å². The molecule has 2 aromatic carbocycles. The van der Waals surface area contributed by atoms with Gasteiger partial charge in [0.25, 0.3) is 5.91 Å². The summed E-state index contributed by atoms with van der Waals surface area (Å²) >= 11 is 0. The SMILES string of the molecule is COc1cccc2c1C(=O)c1c(O)c3c(c(O)c1C2=O)C[C@@](O)(C(=O)N1C[C@@H]2C[C@H]1CN2)C[C@@H]3O[C@H]1C[C@H]2[C@H](O[C@@H]3[C@@H](OC)OCCN32)[C@H](C)O1. The van der Waals surface area contributed by atoms with Crippen molar-refractivity contribution in [3.63, 3.8) is 0 Å². The summed E-state index contributed by atoms with van der Waals surface area (Å²) in [6, 6.07) is 4.43. The lowest BCUT2D eigenvalue weighted by Crippen LogP contribution is -2.58. The third-order valence-corrected chi connectivity index (χ3v) is 11.9. The minimum Gasteiger partial charge on any atom is -0.507 e. The van der Waals surface area contributed by atoms with Crippen LogP contribution >= 0.6 is 0 Å². The van der Waals surface area contributed by atoms with Crippen LogP contribution in [-0.2, 0) is 34.9 Å². The molecule has 5 saturated heterocycles. The third kappa shape index (κ3) is 4.83. The maximum absolute atomic E-state index is 14.2. The summed E-state index contributed by atoms with van der Waals surface area (Å²) < 4.78 is 36.0. The molecule has 0 saturated carbocycles. The second-order valence-electron chi connectivity index (χ2n) is 14.6. The van der Waals surface area contributed by atoms with Crippen LogP contribution in [0.3, 0.4) is 0 Å². The predicted molar refractivity (Wildman–Crippen MR) is 173 cm³/mol. The van der Waals surface area contributed by atoms with Gasteiger partial charge in [-0.25, -0.2) is 0 Å². The number of piperazine rings is 1. The van der Waals surface area contributed by atoms with Gasteiger partial charge in [-0.1, -0.05) is 12.1 Å². The van der Waals surface area contributed by atoms with E-state index < -0.39 is 77.6 Å². The molecular formula is C36H41N3O12. The Bertz CT molecular complexity index is 1840. The number of carbonyl (C=O) groups excluding carboxylic acids is 3. The second-order valence-corrected chi connectivity index (χ2v) is 14.6. The van der Waals surface area contributed by atoms with Gasteiger partial charge in [-0.3, -0.25) is 19.3 Å². The number of hydrogen-bond donors (Lipinski definition) is 4. The Hall–Kier alpha value is -3.67. The molecule has 2 bridgehead atoms. The van der Waals surface area contributed by atoms with Crippen LogP contribution in [0.4, 0.5) is 0 Å². The molecule has 272 valence electrons. The number of aromatic hydroxyl groups is 2. The Morgan fingerprint density at radius 3 is 2.59 bits per heavy atom. The first kappa shape index (κ1) is 33.2. The first-order valence-corrected chi connectivity index (χ1v) is 17.5. The maximum atomic E-state index is 14.2. The molecular weight excluding hydrogens is 666 g/mol. The maximum Gasteiger partial charge on any atom is 0.255 e. The van der Waals surface area contributed by atoms with Crippen LogP contribution in [-0.4, -0.2) is 138 Å². The zero-order chi connectivity index (χ0) is 35.5. The third-order valence-electron chi connectivity index (χ3n) is 11.9. The van der Waals surface area contributed by atoms with E-state index in [4.69, 9.17) is 28.4 Å². The predicted octanol–water partition coefficient (Wildman–Crippen LogP) is 0.723. The van der Waals surface area contributed by atoms with E-state index >= 15 is 0 Å². The van der Waals surface area contributed by atoms with Crippen molar-refractivity contribution >= 4 is 17.5 Å². The van der Waals surface area contributed by atoms with Crippen molar-refractivity contribution in [1.29, 1.82) is 0 Å². The number of ketones is 2. The van der Waals surface area contributed by atoms with Gasteiger partial charge in [-0.05, 0) is 19.4 Å². The number of aliphatic hydroxyl groups is 1. The number of phenolic OH excluding ortho intramolecular Hbond substituents is 2. The fourth-order valence-electron chi connectivity index (χ4n) is 9.57. The number of nitrogens with one attached hydrogen (secondary N) is 1. The van der Waals surface area contributed by atoms with Crippen molar-refractivity contribution in [2.75, 3.05) is 40.5 Å². The van der Waals surface area contributed by atoms with Gasteiger partial charge in [0.05, 0.1) is 42.6 Å². The van der Waals surface area contributed by atoms with Crippen molar-refractivity contribution in [3.8, 4) is 17.2 Å². The molecule has 0 radical (unpaired) electrons. The van der Waals surface area contributed by atoms with E-state index in [1.54, 1.807) is 18.1 Å². The van der Waals surface area contributed by atoms with E-state index in [0.29, 0.717) is 32.7 Å². The van der Waals surface area contributed by atoms with Crippen LogP contribution in [0.1, 0.15) is 75.3 Å². The van der Waals surface area contributed by atoms with Crippen molar-refractivity contribution in [2.24, 2.45) is 0 Å². The molecule has 1 amide bonds. The summed E-state index contributed by atoms with van der Waals surface area (Å²) in [4.78, 5) is 46.1. The lowest BCUT2D eigenvalue weighted by atomic mass is 9.72. The van der Waals surface area contributed by atoms with E-state index in [1.807, 2.05) is 6.92 Å². The molecule has 2 aromatic rings. The van der Waals surface area contributed by atoms with E-state index in [9.17, 15) is 29.7 Å². The number of benzene rings is 2. The highest BCUT2D eigenvalue weighted by atomic mass is 16.7. The molecule has 0 aromatic heterocycles. The molecule has 10 atom stereocenters. The smallest absolute Gasteiger partial charge is 0.255 e. The van der Waals surface area contributed by atoms with Crippen molar-refractivity contribution in [1.82, 2.24) is 15.1 Å². The van der Waals surface area contributed by atoms with Crippen LogP contribution in [0.25, 0.3) is 0 Å². The highest BCUT2D eigenvalue weighted by Gasteiger charge is 2.56. The van der Waals surface area contributed by atoms with Crippen LogP contribution in [0.2, 0.25) is 0 Å². The lowest BCUT2D eigenvalue weighted by Gasteiger charge is -2.44. The molecule has 15 heteroatoms. The number of amides is 1. The monoisotopic (exact) mass is 707 g/mol. The van der Waals surface area contributed by atoms with E-state index in [-0.39, 0.29) is 64.2 Å². The summed E-state index contributed by atoms with van der Waals surface area (Å²) in [6.07, 6.45) is -3.49. The second kappa shape index (κ2) is 11.9. The number of hydrogen-bond acceptors (Lipinski definition) is 14. The van der Waals surface area contributed by atoms with Crippen molar-refractivity contribution < 1.29 is 58.1 Å². The molecule has 15 nitrogen and oxygen atoms in total.